The zero-order valence-corrected chi connectivity index (χ0v) is 10.7. The van der Waals surface area contributed by atoms with Gasteiger partial charge in [0, 0.05) is 31.8 Å². The molecule has 4 nitrogen and oxygen atoms in total. The van der Waals surface area contributed by atoms with Crippen molar-refractivity contribution in [2.75, 3.05) is 32.8 Å². The molecule has 1 saturated heterocycles. The first-order chi connectivity index (χ1) is 7.58. The quantitative estimate of drug-likeness (QED) is 0.714. The molecule has 1 rings (SSSR count). The van der Waals surface area contributed by atoms with Crippen molar-refractivity contribution in [3.8, 4) is 0 Å². The highest BCUT2D eigenvalue weighted by Crippen LogP contribution is 2.17. The second-order valence-corrected chi connectivity index (χ2v) is 4.90. The number of nitrogens with zero attached hydrogens (tertiary/aromatic N) is 1. The molecule has 94 valence electrons. The summed E-state index contributed by atoms with van der Waals surface area (Å²) in [6.07, 6.45) is 1.51. The van der Waals surface area contributed by atoms with Crippen LogP contribution in [0.4, 0.5) is 0 Å². The van der Waals surface area contributed by atoms with E-state index < -0.39 is 0 Å². The predicted molar refractivity (Wildman–Crippen MR) is 64.4 cm³/mol. The summed E-state index contributed by atoms with van der Waals surface area (Å²) in [4.78, 5) is 14.0. The first kappa shape index (κ1) is 13.5. The lowest BCUT2D eigenvalue weighted by molar-refractivity contribution is -0.138. The largest absolute Gasteiger partial charge is 0.381 e. The van der Waals surface area contributed by atoms with Gasteiger partial charge in [0.05, 0.1) is 13.0 Å². The van der Waals surface area contributed by atoms with Gasteiger partial charge in [0.1, 0.15) is 0 Å². The van der Waals surface area contributed by atoms with E-state index in [-0.39, 0.29) is 11.4 Å². The van der Waals surface area contributed by atoms with E-state index in [1.54, 1.807) is 0 Å². The summed E-state index contributed by atoms with van der Waals surface area (Å²) in [6, 6.07) is 0. The summed E-state index contributed by atoms with van der Waals surface area (Å²) in [7, 11) is 0. The van der Waals surface area contributed by atoms with Crippen molar-refractivity contribution in [2.24, 2.45) is 0 Å². The Bertz CT molecular complexity index is 229. The van der Waals surface area contributed by atoms with Crippen LogP contribution in [-0.2, 0) is 9.53 Å². The van der Waals surface area contributed by atoms with Crippen LogP contribution in [0.5, 0.6) is 0 Å². The van der Waals surface area contributed by atoms with E-state index in [9.17, 15) is 4.79 Å². The first-order valence-electron chi connectivity index (χ1n) is 6.17. The van der Waals surface area contributed by atoms with Gasteiger partial charge < -0.3 is 15.0 Å². The van der Waals surface area contributed by atoms with Crippen molar-refractivity contribution in [3.63, 3.8) is 0 Å². The van der Waals surface area contributed by atoms with Gasteiger partial charge in [-0.05, 0) is 20.3 Å². The van der Waals surface area contributed by atoms with Crippen LogP contribution >= 0.6 is 0 Å². The fraction of sp³-hybridized carbons (Fsp3) is 0.917. The molecule has 1 heterocycles. The highest BCUT2D eigenvalue weighted by molar-refractivity contribution is 5.77. The molecular weight excluding hydrogens is 204 g/mol. The monoisotopic (exact) mass is 228 g/mol. The van der Waals surface area contributed by atoms with E-state index >= 15 is 0 Å². The molecule has 1 aliphatic rings. The molecule has 1 N–H and O–H groups in total. The lowest BCUT2D eigenvalue weighted by atomic mass is 10.00. The third-order valence-corrected chi connectivity index (χ3v) is 2.91. The molecular formula is C12H24N2O2. The van der Waals surface area contributed by atoms with E-state index in [0.717, 1.165) is 32.7 Å². The topological polar surface area (TPSA) is 41.6 Å². The zero-order valence-electron chi connectivity index (χ0n) is 10.7. The highest BCUT2D eigenvalue weighted by atomic mass is 16.5. The van der Waals surface area contributed by atoms with Gasteiger partial charge in [-0.1, -0.05) is 6.92 Å². The Labute approximate surface area is 98.3 Å². The fourth-order valence-corrected chi connectivity index (χ4v) is 1.99. The number of carbonyl (C=O) groups excluding carboxylic acids is 1. The summed E-state index contributed by atoms with van der Waals surface area (Å²) in [6.45, 7) is 10.1. The second kappa shape index (κ2) is 6.21. The smallest absolute Gasteiger partial charge is 0.225 e. The number of amides is 1. The third-order valence-electron chi connectivity index (χ3n) is 2.91. The van der Waals surface area contributed by atoms with Gasteiger partial charge in [0.15, 0.2) is 0 Å². The molecule has 0 aromatic heterocycles. The molecule has 0 bridgehead atoms. The maximum atomic E-state index is 12.0. The molecule has 0 saturated carbocycles. The van der Waals surface area contributed by atoms with Crippen molar-refractivity contribution in [3.05, 3.63) is 0 Å². The van der Waals surface area contributed by atoms with Crippen LogP contribution in [0, 0.1) is 0 Å². The molecule has 0 atom stereocenters. The van der Waals surface area contributed by atoms with E-state index in [1.807, 2.05) is 4.90 Å². The number of hydrogen-bond donors (Lipinski definition) is 1. The van der Waals surface area contributed by atoms with Gasteiger partial charge in [-0.2, -0.15) is 0 Å². The molecule has 0 spiro atoms. The molecule has 0 radical (unpaired) electrons. The summed E-state index contributed by atoms with van der Waals surface area (Å²) in [5.74, 6) is 0.211. The van der Waals surface area contributed by atoms with Crippen LogP contribution < -0.4 is 5.32 Å². The predicted octanol–water partition coefficient (Wildman–Crippen LogP) is 1.01. The van der Waals surface area contributed by atoms with E-state index in [4.69, 9.17) is 4.74 Å². The summed E-state index contributed by atoms with van der Waals surface area (Å²) in [5, 5.41) is 3.31. The van der Waals surface area contributed by atoms with Crippen LogP contribution in [-0.4, -0.2) is 49.2 Å². The van der Waals surface area contributed by atoms with Crippen LogP contribution in [0.2, 0.25) is 0 Å². The van der Waals surface area contributed by atoms with Crippen molar-refractivity contribution in [1.29, 1.82) is 0 Å². The summed E-state index contributed by atoms with van der Waals surface area (Å²) < 4.78 is 5.35. The number of ether oxygens (including phenoxy) is 1. The van der Waals surface area contributed by atoms with Crippen LogP contribution in [0.25, 0.3) is 0 Å². The van der Waals surface area contributed by atoms with E-state index in [1.165, 1.54) is 0 Å². The Balaban J connectivity index is 2.34. The number of piperazine rings is 1. The lowest BCUT2D eigenvalue weighted by Crippen LogP contribution is -2.59. The fourth-order valence-electron chi connectivity index (χ4n) is 1.99. The van der Waals surface area contributed by atoms with E-state index in [0.29, 0.717) is 13.0 Å². The van der Waals surface area contributed by atoms with Gasteiger partial charge in [0.2, 0.25) is 5.91 Å². The minimum absolute atomic E-state index is 0.0694. The Hall–Kier alpha value is -0.610. The third kappa shape index (κ3) is 3.76. The standard InChI is InChI=1S/C12H24N2O2/c1-4-8-16-9-5-11(15)14-7-6-13-10-12(14,2)3/h13H,4-10H2,1-3H3. The van der Waals surface area contributed by atoms with Gasteiger partial charge in [-0.3, -0.25) is 4.79 Å². The normalized spacial score (nSPS) is 19.8. The Morgan fingerprint density at radius 1 is 1.44 bits per heavy atom. The van der Waals surface area contributed by atoms with Crippen molar-refractivity contribution < 1.29 is 9.53 Å². The molecule has 1 amide bonds. The molecule has 4 heteroatoms. The molecule has 16 heavy (non-hydrogen) atoms. The first-order valence-corrected chi connectivity index (χ1v) is 6.17. The number of nitrogens with one attached hydrogen (secondary N) is 1. The zero-order chi connectivity index (χ0) is 12.0. The van der Waals surface area contributed by atoms with Gasteiger partial charge >= 0.3 is 0 Å². The maximum absolute atomic E-state index is 12.0. The molecule has 0 aliphatic carbocycles. The molecule has 0 aromatic carbocycles. The lowest BCUT2D eigenvalue weighted by Gasteiger charge is -2.42. The molecule has 1 aliphatic heterocycles. The number of rotatable bonds is 5. The average Bonchev–Trinajstić information content (AvgIpc) is 2.23. The molecule has 0 aromatic rings. The minimum atomic E-state index is -0.0694. The Morgan fingerprint density at radius 3 is 2.81 bits per heavy atom. The number of hydrogen-bond acceptors (Lipinski definition) is 3. The number of carbonyl (C=O) groups is 1. The molecule has 0 unspecified atom stereocenters. The van der Waals surface area contributed by atoms with Crippen LogP contribution in [0.15, 0.2) is 0 Å². The Morgan fingerprint density at radius 2 is 2.19 bits per heavy atom. The van der Waals surface area contributed by atoms with Crippen LogP contribution in [0.1, 0.15) is 33.6 Å². The summed E-state index contributed by atoms with van der Waals surface area (Å²) >= 11 is 0. The average molecular weight is 228 g/mol. The molecule has 1 fully saturated rings. The van der Waals surface area contributed by atoms with Crippen LogP contribution in [0.3, 0.4) is 0 Å². The van der Waals surface area contributed by atoms with Gasteiger partial charge in [0.25, 0.3) is 0 Å². The van der Waals surface area contributed by atoms with E-state index in [2.05, 4.69) is 26.1 Å². The van der Waals surface area contributed by atoms with Crippen molar-refractivity contribution in [2.45, 2.75) is 39.2 Å². The SMILES string of the molecule is CCCOCCC(=O)N1CCNCC1(C)C. The van der Waals surface area contributed by atoms with Crippen molar-refractivity contribution in [1.82, 2.24) is 10.2 Å². The second-order valence-electron chi connectivity index (χ2n) is 4.90. The summed E-state index contributed by atoms with van der Waals surface area (Å²) in [5.41, 5.74) is -0.0694. The van der Waals surface area contributed by atoms with Gasteiger partial charge in [-0.15, -0.1) is 0 Å². The minimum Gasteiger partial charge on any atom is -0.381 e. The highest BCUT2D eigenvalue weighted by Gasteiger charge is 2.32. The van der Waals surface area contributed by atoms with Crippen molar-refractivity contribution >= 4 is 5.91 Å². The Kier molecular flexibility index (Phi) is 5.22. The van der Waals surface area contributed by atoms with Gasteiger partial charge in [-0.25, -0.2) is 0 Å². The maximum Gasteiger partial charge on any atom is 0.225 e.